The van der Waals surface area contributed by atoms with E-state index in [0.717, 1.165) is 21.2 Å². The molecule has 2 aromatic carbocycles. The molecule has 2 unspecified atom stereocenters. The molecule has 0 spiro atoms. The molecule has 2 aromatic rings. The molecule has 0 amide bonds. The first-order valence-electron chi connectivity index (χ1n) is 7.00. The third kappa shape index (κ3) is 2.83. The second-order valence-electron chi connectivity index (χ2n) is 5.38. The first-order valence-corrected chi connectivity index (χ1v) is 8.44. The lowest BCUT2D eigenvalue weighted by Crippen LogP contribution is -2.12. The Balaban J connectivity index is 1.91. The van der Waals surface area contributed by atoms with Crippen LogP contribution in [-0.2, 0) is 14.9 Å². The van der Waals surface area contributed by atoms with Crippen LogP contribution in [0.15, 0.2) is 65.1 Å². The highest BCUT2D eigenvalue weighted by Gasteiger charge is 2.49. The number of hydrogen-bond donors (Lipinski definition) is 0. The fourth-order valence-corrected chi connectivity index (χ4v) is 3.57. The van der Waals surface area contributed by atoms with E-state index < -0.39 is 16.3 Å². The lowest BCUT2D eigenvalue weighted by Gasteiger charge is -2.04. The zero-order chi connectivity index (χ0) is 15.7. The minimum Gasteiger partial charge on any atom is -0.253 e. The Hall–Kier alpha value is -1.95. The van der Waals surface area contributed by atoms with Crippen molar-refractivity contribution in [3.8, 4) is 0 Å². The maximum atomic E-state index is 12.5. The van der Waals surface area contributed by atoms with E-state index >= 15 is 0 Å². The number of allylic oxidation sites excluding steroid dienone is 1. The zero-order valence-electron chi connectivity index (χ0n) is 12.4. The Labute approximate surface area is 130 Å². The second-order valence-corrected chi connectivity index (χ2v) is 7.16. The van der Waals surface area contributed by atoms with Gasteiger partial charge in [0.1, 0.15) is 0 Å². The van der Waals surface area contributed by atoms with Crippen molar-refractivity contribution in [2.45, 2.75) is 25.0 Å². The van der Waals surface area contributed by atoms with E-state index in [2.05, 4.69) is 0 Å². The average Bonchev–Trinajstić information content (AvgIpc) is 3.29. The summed E-state index contributed by atoms with van der Waals surface area (Å²) in [5, 5.41) is 0. The van der Waals surface area contributed by atoms with Gasteiger partial charge in [0.25, 0.3) is 10.0 Å². The number of sulfonamides is 1. The molecule has 114 valence electrons. The van der Waals surface area contributed by atoms with Crippen LogP contribution in [-0.4, -0.2) is 12.9 Å². The summed E-state index contributed by atoms with van der Waals surface area (Å²) in [4.78, 5) is 5.59. The van der Waals surface area contributed by atoms with Crippen molar-refractivity contribution in [3.63, 3.8) is 0 Å². The summed E-state index contributed by atoms with van der Waals surface area (Å²) >= 11 is 0. The quantitative estimate of drug-likeness (QED) is 0.808. The van der Waals surface area contributed by atoms with E-state index in [-0.39, 0.29) is 4.90 Å². The second kappa shape index (κ2) is 5.68. The molecule has 1 fully saturated rings. The molecule has 22 heavy (non-hydrogen) atoms. The van der Waals surface area contributed by atoms with Gasteiger partial charge in [-0.25, -0.2) is 8.42 Å². The highest BCUT2D eigenvalue weighted by molar-refractivity contribution is 7.89. The Morgan fingerprint density at radius 2 is 1.68 bits per heavy atom. The van der Waals surface area contributed by atoms with Crippen LogP contribution in [0.3, 0.4) is 0 Å². The molecule has 0 saturated carbocycles. The minimum atomic E-state index is -3.62. The monoisotopic (exact) mass is 315 g/mol. The van der Waals surface area contributed by atoms with Crippen molar-refractivity contribution in [1.82, 2.24) is 4.47 Å². The third-order valence-corrected chi connectivity index (χ3v) is 4.95. The van der Waals surface area contributed by atoms with Gasteiger partial charge in [0.2, 0.25) is 0 Å². The van der Waals surface area contributed by atoms with E-state index in [9.17, 15) is 8.42 Å². The lowest BCUT2D eigenvalue weighted by molar-refractivity contribution is 0.283. The topological polar surface area (TPSA) is 49.7 Å². The number of rotatable bonds is 4. The summed E-state index contributed by atoms with van der Waals surface area (Å²) < 4.78 is 26.0. The van der Waals surface area contributed by atoms with Crippen molar-refractivity contribution >= 4 is 16.1 Å². The van der Waals surface area contributed by atoms with Gasteiger partial charge in [0.05, 0.1) is 4.90 Å². The zero-order valence-corrected chi connectivity index (χ0v) is 13.2. The molecule has 0 aromatic heterocycles. The van der Waals surface area contributed by atoms with E-state index in [0.29, 0.717) is 0 Å². The molecule has 1 heterocycles. The van der Waals surface area contributed by atoms with Gasteiger partial charge in [0, 0.05) is 5.56 Å². The summed E-state index contributed by atoms with van der Waals surface area (Å²) in [5.41, 5.74) is 2.96. The Kier molecular flexibility index (Phi) is 3.87. The van der Waals surface area contributed by atoms with E-state index in [1.54, 1.807) is 30.3 Å². The molecule has 1 saturated heterocycles. The summed E-state index contributed by atoms with van der Waals surface area (Å²) in [6.07, 6.45) is 1.46. The highest BCUT2D eigenvalue weighted by Crippen LogP contribution is 2.43. The van der Waals surface area contributed by atoms with Gasteiger partial charge in [0.15, 0.2) is 6.23 Å². The number of hydrogen-bond acceptors (Lipinski definition) is 3. The Morgan fingerprint density at radius 1 is 1.05 bits per heavy atom. The van der Waals surface area contributed by atoms with Crippen molar-refractivity contribution in [2.24, 2.45) is 0 Å². The maximum absolute atomic E-state index is 12.5. The van der Waals surface area contributed by atoms with Gasteiger partial charge in [-0.2, -0.15) is 0 Å². The van der Waals surface area contributed by atoms with Crippen molar-refractivity contribution in [1.29, 1.82) is 0 Å². The molecule has 1 aliphatic rings. The predicted molar refractivity (Wildman–Crippen MR) is 85.1 cm³/mol. The molecule has 5 heteroatoms. The van der Waals surface area contributed by atoms with Gasteiger partial charge < -0.3 is 0 Å². The van der Waals surface area contributed by atoms with Crippen LogP contribution in [0, 0.1) is 0 Å². The fourth-order valence-electron chi connectivity index (χ4n) is 2.30. The number of benzene rings is 2. The van der Waals surface area contributed by atoms with Crippen molar-refractivity contribution in [3.05, 3.63) is 71.3 Å². The standard InChI is InChI=1S/C17H17NO3S/c1-13(2)12-14-8-6-7-11-16(14)17-18(21-17)22(19,20)15-9-4-3-5-10-15/h3-12,17H,1-2H3. The largest absolute Gasteiger partial charge is 0.267 e. The predicted octanol–water partition coefficient (Wildman–Crippen LogP) is 3.74. The van der Waals surface area contributed by atoms with Crippen LogP contribution < -0.4 is 0 Å². The summed E-state index contributed by atoms with van der Waals surface area (Å²) in [6, 6.07) is 16.0. The molecule has 2 atom stereocenters. The van der Waals surface area contributed by atoms with Crippen LogP contribution in [0.2, 0.25) is 0 Å². The van der Waals surface area contributed by atoms with Gasteiger partial charge >= 0.3 is 0 Å². The maximum Gasteiger partial charge on any atom is 0.267 e. The van der Waals surface area contributed by atoms with Gasteiger partial charge in [-0.1, -0.05) is 54.1 Å². The van der Waals surface area contributed by atoms with Crippen LogP contribution in [0.5, 0.6) is 0 Å². The minimum absolute atomic E-state index is 0.234. The first-order chi connectivity index (χ1) is 10.5. The van der Waals surface area contributed by atoms with Gasteiger partial charge in [-0.3, -0.25) is 4.84 Å². The highest BCUT2D eigenvalue weighted by atomic mass is 32.2. The molecule has 0 radical (unpaired) electrons. The lowest BCUT2D eigenvalue weighted by atomic mass is 10.1. The van der Waals surface area contributed by atoms with E-state index in [4.69, 9.17) is 4.84 Å². The Morgan fingerprint density at radius 3 is 2.36 bits per heavy atom. The summed E-state index contributed by atoms with van der Waals surface area (Å²) in [5.74, 6) is 0. The van der Waals surface area contributed by atoms with E-state index in [1.807, 2.05) is 44.2 Å². The summed E-state index contributed by atoms with van der Waals surface area (Å²) in [6.45, 7) is 4.01. The molecule has 0 bridgehead atoms. The van der Waals surface area contributed by atoms with Crippen LogP contribution >= 0.6 is 0 Å². The molecule has 0 N–H and O–H groups in total. The van der Waals surface area contributed by atoms with Gasteiger partial charge in [-0.05, 0) is 36.0 Å². The van der Waals surface area contributed by atoms with Crippen molar-refractivity contribution < 1.29 is 13.3 Å². The molecular formula is C17H17NO3S. The average molecular weight is 315 g/mol. The number of hydroxylamine groups is 1. The first kappa shape index (κ1) is 15.0. The van der Waals surface area contributed by atoms with E-state index in [1.165, 1.54) is 0 Å². The van der Waals surface area contributed by atoms with Crippen molar-refractivity contribution in [2.75, 3.05) is 0 Å². The SMILES string of the molecule is CC(C)=Cc1ccccc1C1ON1S(=O)(=O)c1ccccc1. The van der Waals surface area contributed by atoms with Crippen LogP contribution in [0.25, 0.3) is 6.08 Å². The van der Waals surface area contributed by atoms with Crippen LogP contribution in [0.4, 0.5) is 0 Å². The third-order valence-electron chi connectivity index (χ3n) is 3.33. The molecule has 4 nitrogen and oxygen atoms in total. The Bertz CT molecular complexity index is 809. The smallest absolute Gasteiger partial charge is 0.253 e. The molecule has 0 aliphatic carbocycles. The van der Waals surface area contributed by atoms with Crippen LogP contribution in [0.1, 0.15) is 31.2 Å². The molecule has 3 rings (SSSR count). The number of nitrogens with zero attached hydrogens (tertiary/aromatic N) is 1. The normalized spacial score (nSPS) is 20.5. The van der Waals surface area contributed by atoms with Gasteiger partial charge in [-0.15, -0.1) is 0 Å². The molecular weight excluding hydrogens is 298 g/mol. The molecule has 1 aliphatic heterocycles. The summed E-state index contributed by atoms with van der Waals surface area (Å²) in [7, 11) is -3.62. The fraction of sp³-hybridized carbons (Fsp3) is 0.176.